The molecule has 2 bridgehead atoms. The molecule has 0 radical (unpaired) electrons. The van der Waals surface area contributed by atoms with Crippen molar-refractivity contribution in [2.75, 3.05) is 6.54 Å². The fourth-order valence-electron chi connectivity index (χ4n) is 4.51. The molecule has 1 saturated carbocycles. The lowest BCUT2D eigenvalue weighted by molar-refractivity contribution is 0.0708. The van der Waals surface area contributed by atoms with Gasteiger partial charge in [0, 0.05) is 17.6 Å². The summed E-state index contributed by atoms with van der Waals surface area (Å²) in [6.07, 6.45) is 3.35. The highest BCUT2D eigenvalue weighted by Crippen LogP contribution is 2.52. The smallest absolute Gasteiger partial charge is 0.255 e. The average molecular weight is 326 g/mol. The van der Waals surface area contributed by atoms with E-state index in [1.807, 2.05) is 4.90 Å². The van der Waals surface area contributed by atoms with Crippen molar-refractivity contribution in [1.29, 1.82) is 0 Å². The molecule has 1 heterocycles. The number of hydrogen-bond acceptors (Lipinski definition) is 1. The summed E-state index contributed by atoms with van der Waals surface area (Å²) in [6, 6.07) is 5.44. The molecule has 4 heteroatoms. The van der Waals surface area contributed by atoms with Crippen molar-refractivity contribution >= 4 is 29.1 Å². The molecule has 2 atom stereocenters. The Labute approximate surface area is 136 Å². The Morgan fingerprint density at radius 1 is 1.24 bits per heavy atom. The Morgan fingerprint density at radius 2 is 1.95 bits per heavy atom. The van der Waals surface area contributed by atoms with Crippen LogP contribution in [0.15, 0.2) is 18.2 Å². The zero-order chi connectivity index (χ0) is 15.4. The van der Waals surface area contributed by atoms with Crippen LogP contribution >= 0.6 is 23.2 Å². The van der Waals surface area contributed by atoms with Gasteiger partial charge in [0.25, 0.3) is 5.91 Å². The number of nitrogens with zero attached hydrogens (tertiary/aromatic N) is 1. The first-order valence-electron chi connectivity index (χ1n) is 7.45. The first-order chi connectivity index (χ1) is 9.69. The standard InChI is InChI=1S/C17H21Cl2NO/c1-16(2)7-12-8-17(3,9-16)10-20(12)15(21)13-5-4-11(18)6-14(13)19/h4-6,12H,7-10H2,1-3H3/t12-,17+/m1/s1. The van der Waals surface area contributed by atoms with E-state index in [-0.39, 0.29) is 11.3 Å². The highest BCUT2D eigenvalue weighted by Gasteiger charge is 2.51. The maximum Gasteiger partial charge on any atom is 0.255 e. The van der Waals surface area contributed by atoms with Gasteiger partial charge in [-0.25, -0.2) is 0 Å². The van der Waals surface area contributed by atoms with Gasteiger partial charge >= 0.3 is 0 Å². The lowest BCUT2D eigenvalue weighted by Crippen LogP contribution is -2.37. The van der Waals surface area contributed by atoms with E-state index in [2.05, 4.69) is 20.8 Å². The third-order valence-electron chi connectivity index (χ3n) is 4.84. The van der Waals surface area contributed by atoms with Gasteiger partial charge in [-0.3, -0.25) is 4.79 Å². The first-order valence-corrected chi connectivity index (χ1v) is 8.21. The lowest BCUT2D eigenvalue weighted by Gasteiger charge is -2.39. The topological polar surface area (TPSA) is 20.3 Å². The van der Waals surface area contributed by atoms with Gasteiger partial charge in [-0.2, -0.15) is 0 Å². The van der Waals surface area contributed by atoms with Gasteiger partial charge in [-0.1, -0.05) is 44.0 Å². The van der Waals surface area contributed by atoms with Crippen LogP contribution < -0.4 is 0 Å². The average Bonchev–Trinajstić information content (AvgIpc) is 2.57. The molecule has 1 aliphatic heterocycles. The van der Waals surface area contributed by atoms with Crippen LogP contribution in [-0.2, 0) is 0 Å². The number of halogens is 2. The SMILES string of the molecule is CC1(C)C[C@@H]2C[C@](C)(CN2C(=O)c2ccc(Cl)cc2Cl)C1. The van der Waals surface area contributed by atoms with E-state index in [1.165, 1.54) is 6.42 Å². The number of rotatable bonds is 1. The molecule has 0 unspecified atom stereocenters. The van der Waals surface area contributed by atoms with Crippen LogP contribution in [0.1, 0.15) is 50.4 Å². The molecule has 2 fully saturated rings. The van der Waals surface area contributed by atoms with Gasteiger partial charge in [-0.15, -0.1) is 0 Å². The van der Waals surface area contributed by atoms with E-state index in [0.29, 0.717) is 27.1 Å². The predicted molar refractivity (Wildman–Crippen MR) is 87.0 cm³/mol. The summed E-state index contributed by atoms with van der Waals surface area (Å²) in [5, 5.41) is 1.00. The van der Waals surface area contributed by atoms with Crippen LogP contribution in [0.5, 0.6) is 0 Å². The van der Waals surface area contributed by atoms with Crippen LogP contribution in [0, 0.1) is 10.8 Å². The van der Waals surface area contributed by atoms with Gasteiger partial charge in [0.1, 0.15) is 0 Å². The van der Waals surface area contributed by atoms with Crippen LogP contribution in [0.2, 0.25) is 10.0 Å². The van der Waals surface area contributed by atoms with Gasteiger partial charge in [0.15, 0.2) is 0 Å². The van der Waals surface area contributed by atoms with Crippen molar-refractivity contribution in [2.45, 2.75) is 46.1 Å². The summed E-state index contributed by atoms with van der Waals surface area (Å²) in [5.41, 5.74) is 1.10. The molecule has 21 heavy (non-hydrogen) atoms. The second kappa shape index (κ2) is 4.89. The monoisotopic (exact) mass is 325 g/mol. The van der Waals surface area contributed by atoms with Crippen molar-refractivity contribution in [3.8, 4) is 0 Å². The summed E-state index contributed by atoms with van der Waals surface area (Å²) in [6.45, 7) is 7.75. The van der Waals surface area contributed by atoms with E-state index >= 15 is 0 Å². The van der Waals surface area contributed by atoms with E-state index in [9.17, 15) is 4.79 Å². The quantitative estimate of drug-likeness (QED) is 0.708. The summed E-state index contributed by atoms with van der Waals surface area (Å²) >= 11 is 12.1. The Bertz CT molecular complexity index is 598. The van der Waals surface area contributed by atoms with E-state index in [1.54, 1.807) is 18.2 Å². The van der Waals surface area contributed by atoms with Crippen LogP contribution in [-0.4, -0.2) is 23.4 Å². The Kier molecular flexibility index (Phi) is 3.53. The number of carbonyl (C=O) groups is 1. The van der Waals surface area contributed by atoms with Gasteiger partial charge in [0.2, 0.25) is 0 Å². The number of fused-ring (bicyclic) bond motifs is 2. The van der Waals surface area contributed by atoms with Crippen LogP contribution in [0.25, 0.3) is 0 Å². The second-order valence-electron chi connectivity index (χ2n) is 7.77. The fraction of sp³-hybridized carbons (Fsp3) is 0.588. The summed E-state index contributed by atoms with van der Waals surface area (Å²) in [7, 11) is 0. The molecule has 1 aromatic carbocycles. The molecule has 114 valence electrons. The first kappa shape index (κ1) is 15.2. The highest BCUT2D eigenvalue weighted by molar-refractivity contribution is 6.36. The minimum Gasteiger partial charge on any atom is -0.335 e. The van der Waals surface area contributed by atoms with Crippen molar-refractivity contribution in [1.82, 2.24) is 4.90 Å². The normalized spacial score (nSPS) is 30.5. The van der Waals surface area contributed by atoms with Crippen molar-refractivity contribution in [2.24, 2.45) is 10.8 Å². The fourth-order valence-corrected chi connectivity index (χ4v) is 5.00. The Balaban J connectivity index is 1.90. The molecule has 1 amide bonds. The van der Waals surface area contributed by atoms with Gasteiger partial charge in [0.05, 0.1) is 10.6 Å². The molecule has 1 aromatic rings. The molecule has 1 aliphatic carbocycles. The molecule has 1 saturated heterocycles. The number of hydrogen-bond donors (Lipinski definition) is 0. The molecular formula is C17H21Cl2NO. The summed E-state index contributed by atoms with van der Waals surface area (Å²) < 4.78 is 0. The maximum absolute atomic E-state index is 12.9. The minimum absolute atomic E-state index is 0.0445. The third kappa shape index (κ3) is 2.80. The van der Waals surface area contributed by atoms with Crippen molar-refractivity contribution < 1.29 is 4.79 Å². The second-order valence-corrected chi connectivity index (χ2v) is 8.61. The number of carbonyl (C=O) groups excluding carboxylic acids is 1. The largest absolute Gasteiger partial charge is 0.335 e. The molecule has 0 aromatic heterocycles. The van der Waals surface area contributed by atoms with Crippen molar-refractivity contribution in [3.05, 3.63) is 33.8 Å². The van der Waals surface area contributed by atoms with Gasteiger partial charge < -0.3 is 4.90 Å². The molecule has 2 aliphatic rings. The molecular weight excluding hydrogens is 305 g/mol. The predicted octanol–water partition coefficient (Wildman–Crippen LogP) is 5.03. The molecule has 0 spiro atoms. The van der Waals surface area contributed by atoms with E-state index < -0.39 is 0 Å². The number of benzene rings is 1. The van der Waals surface area contributed by atoms with Crippen LogP contribution in [0.3, 0.4) is 0 Å². The number of likely N-dealkylation sites (tertiary alicyclic amines) is 1. The minimum atomic E-state index is 0.0445. The Morgan fingerprint density at radius 3 is 2.62 bits per heavy atom. The summed E-state index contributed by atoms with van der Waals surface area (Å²) in [5.74, 6) is 0.0445. The molecule has 3 rings (SSSR count). The zero-order valence-corrected chi connectivity index (χ0v) is 14.3. The number of amides is 1. The van der Waals surface area contributed by atoms with E-state index in [0.717, 1.165) is 19.4 Å². The van der Waals surface area contributed by atoms with Gasteiger partial charge in [-0.05, 0) is 48.3 Å². The van der Waals surface area contributed by atoms with E-state index in [4.69, 9.17) is 23.2 Å². The molecule has 2 nitrogen and oxygen atoms in total. The lowest BCUT2D eigenvalue weighted by atomic mass is 9.65. The zero-order valence-electron chi connectivity index (χ0n) is 12.7. The third-order valence-corrected chi connectivity index (χ3v) is 5.39. The van der Waals surface area contributed by atoms with Crippen molar-refractivity contribution in [3.63, 3.8) is 0 Å². The maximum atomic E-state index is 12.9. The van der Waals surface area contributed by atoms with Crippen LogP contribution in [0.4, 0.5) is 0 Å². The highest BCUT2D eigenvalue weighted by atomic mass is 35.5. The Hall–Kier alpha value is -0.730. The molecule has 0 N–H and O–H groups in total. The summed E-state index contributed by atoms with van der Waals surface area (Å²) in [4.78, 5) is 14.9.